The first kappa shape index (κ1) is 45.1. The second-order valence-corrected chi connectivity index (χ2v) is 20.8. The van der Waals surface area contributed by atoms with Gasteiger partial charge in [0.1, 0.15) is 53.4 Å². The number of nitrogens with one attached hydrogen (secondary N) is 3. The Balaban J connectivity index is 1.34. The van der Waals surface area contributed by atoms with Gasteiger partial charge >= 0.3 is 12.3 Å². The second-order valence-electron chi connectivity index (χ2n) is 17.2. The van der Waals surface area contributed by atoms with Crippen molar-refractivity contribution in [1.29, 1.82) is 0 Å². The average Bonchev–Trinajstić information content (AvgIpc) is 3.57. The van der Waals surface area contributed by atoms with E-state index >= 15 is 0 Å². The number of hydrogen-bond donors (Lipinski definition) is 3. The highest BCUT2D eigenvalue weighted by Crippen LogP contribution is 2.70. The van der Waals surface area contributed by atoms with Crippen LogP contribution in [0.2, 0.25) is 0 Å². The van der Waals surface area contributed by atoms with Gasteiger partial charge in [0.05, 0.1) is 24.9 Å². The molecule has 3 amide bonds. The third-order valence-corrected chi connectivity index (χ3v) is 14.5. The zero-order valence-corrected chi connectivity index (χ0v) is 36.6. The number of alkyl carbamates (subject to hydrolysis) is 1. The maximum absolute atomic E-state index is 14.8. The van der Waals surface area contributed by atoms with Crippen molar-refractivity contribution in [1.82, 2.24) is 25.5 Å². The van der Waals surface area contributed by atoms with E-state index in [1.165, 1.54) is 22.3 Å². The van der Waals surface area contributed by atoms with Crippen molar-refractivity contribution in [2.45, 2.75) is 115 Å². The number of carbonyl (C=O) groups is 3. The lowest BCUT2D eigenvalue weighted by Crippen LogP contribution is -2.58. The summed E-state index contributed by atoms with van der Waals surface area (Å²) in [4.78, 5) is 53.3. The number of nitrogens with zero attached hydrogens (tertiary/aromatic N) is 3. The molecular weight excluding hydrogens is 825 g/mol. The monoisotopic (exact) mass is 878 g/mol. The minimum absolute atomic E-state index is 0.0217. The van der Waals surface area contributed by atoms with Crippen LogP contribution in [0.3, 0.4) is 0 Å². The van der Waals surface area contributed by atoms with E-state index in [-0.39, 0.29) is 31.5 Å². The number of amides is 3. The van der Waals surface area contributed by atoms with Crippen LogP contribution in [0.5, 0.6) is 11.5 Å². The van der Waals surface area contributed by atoms with Crippen LogP contribution in [0.1, 0.15) is 73.1 Å². The molecule has 6 rings (SSSR count). The predicted molar refractivity (Wildman–Crippen MR) is 223 cm³/mol. The fourth-order valence-electron chi connectivity index (χ4n) is 7.79. The number of carbonyl (C=O) groups excluding carboxylic acids is 3. The highest BCUT2D eigenvalue weighted by Gasteiger charge is 2.65. The first-order valence-electron chi connectivity index (χ1n) is 20.0. The van der Waals surface area contributed by atoms with Crippen LogP contribution in [0, 0.1) is 11.3 Å². The van der Waals surface area contributed by atoms with Crippen LogP contribution in [0.15, 0.2) is 42.3 Å². The van der Waals surface area contributed by atoms with Crippen LogP contribution in [-0.2, 0) is 23.4 Å². The van der Waals surface area contributed by atoms with Gasteiger partial charge < -0.3 is 39.6 Å². The van der Waals surface area contributed by atoms with E-state index in [0.29, 0.717) is 51.8 Å². The van der Waals surface area contributed by atoms with E-state index in [4.69, 9.17) is 28.7 Å². The summed E-state index contributed by atoms with van der Waals surface area (Å²) in [6.07, 6.45) is -1.97. The Morgan fingerprint density at radius 3 is 2.43 bits per heavy atom. The number of benzene rings is 1. The average molecular weight is 879 g/mol. The number of anilines is 1. The van der Waals surface area contributed by atoms with Gasteiger partial charge in [-0.25, -0.2) is 14.8 Å². The largest absolute Gasteiger partial charge is 0.497 e. The molecule has 1 aliphatic heterocycles. The van der Waals surface area contributed by atoms with Gasteiger partial charge in [-0.3, -0.25) is 14.2 Å². The molecule has 14 nitrogen and oxygen atoms in total. The number of pyridine rings is 1. The van der Waals surface area contributed by atoms with Gasteiger partial charge in [0.2, 0.25) is 19.2 Å². The zero-order valence-electron chi connectivity index (χ0n) is 34.9. The molecule has 3 heterocycles. The summed E-state index contributed by atoms with van der Waals surface area (Å²) in [5.41, 5.74) is 0.758. The summed E-state index contributed by atoms with van der Waals surface area (Å²) in [5.74, 6) is -1.09. The van der Waals surface area contributed by atoms with Gasteiger partial charge in [0.15, 0.2) is 5.13 Å². The molecule has 0 spiro atoms. The van der Waals surface area contributed by atoms with E-state index in [1.54, 1.807) is 52.1 Å². The van der Waals surface area contributed by atoms with Crippen molar-refractivity contribution in [2.75, 3.05) is 32.2 Å². The highest BCUT2D eigenvalue weighted by molar-refractivity contribution is 7.60. The Kier molecular flexibility index (Phi) is 13.2. The van der Waals surface area contributed by atoms with Crippen molar-refractivity contribution >= 4 is 52.6 Å². The molecule has 60 heavy (non-hydrogen) atoms. The van der Waals surface area contributed by atoms with Crippen molar-refractivity contribution < 1.29 is 50.9 Å². The molecule has 3 aromatic rings. The van der Waals surface area contributed by atoms with Crippen molar-refractivity contribution in [3.05, 3.63) is 42.3 Å². The molecule has 1 unspecified atom stereocenters. The third kappa shape index (κ3) is 10.2. The number of likely N-dealkylation sites (tertiary alicyclic amines) is 1. The number of alkyl halides is 3. The maximum Gasteiger partial charge on any atom is 0.412 e. The van der Waals surface area contributed by atoms with E-state index in [9.17, 15) is 32.1 Å². The normalized spacial score (nSPS) is 23.5. The lowest BCUT2D eigenvalue weighted by molar-refractivity contribution is -0.153. The van der Waals surface area contributed by atoms with E-state index < -0.39 is 72.9 Å². The molecule has 1 aromatic carbocycles. The van der Waals surface area contributed by atoms with E-state index in [1.807, 2.05) is 19.2 Å². The molecule has 19 heteroatoms. The second kappa shape index (κ2) is 17.5. The lowest BCUT2D eigenvalue weighted by Gasteiger charge is -2.36. The molecule has 1 saturated heterocycles. The van der Waals surface area contributed by atoms with Crippen molar-refractivity contribution in [2.24, 2.45) is 11.3 Å². The Morgan fingerprint density at radius 1 is 1.10 bits per heavy atom. The molecule has 0 bridgehead atoms. The summed E-state index contributed by atoms with van der Waals surface area (Å²) in [5, 5.41) is 10.3. The molecule has 2 aromatic heterocycles. The summed E-state index contributed by atoms with van der Waals surface area (Å²) in [7, 11) is -2.63. The third-order valence-electron chi connectivity index (χ3n) is 11.1. The van der Waals surface area contributed by atoms with Gasteiger partial charge in [-0.15, -0.1) is 17.9 Å². The maximum atomic E-state index is 14.8. The fourth-order valence-corrected chi connectivity index (χ4v) is 10.8. The summed E-state index contributed by atoms with van der Waals surface area (Å²) in [6.45, 7) is 12.2. The first-order chi connectivity index (χ1) is 28.1. The molecule has 3 N–H and O–H groups in total. The Labute approximate surface area is 351 Å². The van der Waals surface area contributed by atoms with Gasteiger partial charge in [0.25, 0.3) is 0 Å². The minimum Gasteiger partial charge on any atom is -0.497 e. The Morgan fingerprint density at radius 2 is 1.82 bits per heavy atom. The summed E-state index contributed by atoms with van der Waals surface area (Å²) in [6, 6.07) is 4.76. The molecule has 3 fully saturated rings. The minimum atomic E-state index is -4.77. The number of halogens is 3. The smallest absolute Gasteiger partial charge is 0.412 e. The van der Waals surface area contributed by atoms with Crippen LogP contribution in [0.25, 0.3) is 22.3 Å². The van der Waals surface area contributed by atoms with Gasteiger partial charge in [-0.1, -0.05) is 26.8 Å². The number of thiazole rings is 1. The standard InChI is InChI=1S/C41H54F3N6O8PS/c1-9-24-19-40(24,59(8,54)56-22-41(42,43)44)49-35(51)32-17-27(20-50(32)36(52)34(39(4,5)6)48-38(53)58-25-12-10-11-13-25)57-33-18-30(31-21-60-37(47-31)45-23(2)3)46-29-16-26(55-7)14-15-28(29)33/h9,14-16,18,21,23-25,27,32,34H,1,10-13,17,19-20,22H2,2-8H3,(H,45,47)(H,48,53)(H,49,51)/t24-,27-,32+,34-,40+,59?/m1/s1. The molecule has 2 aliphatic carbocycles. The number of aromatic nitrogens is 2. The van der Waals surface area contributed by atoms with Crippen molar-refractivity contribution in [3.8, 4) is 22.9 Å². The number of ether oxygens (including phenoxy) is 3. The Hall–Kier alpha value is -4.41. The number of methoxy groups -OCH3 is 1. The van der Waals surface area contributed by atoms with E-state index in [0.717, 1.165) is 19.5 Å². The number of hydrogen-bond acceptors (Lipinski definition) is 12. The molecule has 2 saturated carbocycles. The van der Waals surface area contributed by atoms with Crippen LogP contribution in [0.4, 0.5) is 23.1 Å². The van der Waals surface area contributed by atoms with Crippen molar-refractivity contribution in [3.63, 3.8) is 0 Å². The number of rotatable bonds is 15. The zero-order chi connectivity index (χ0) is 43.8. The molecule has 3 aliphatic rings. The SMILES string of the molecule is C=C[C@@H]1C[C@]1(NC(=O)[C@@H]1C[C@@H](Oc2cc(-c3csc(NC(C)C)n3)nc3cc(OC)ccc23)CN1C(=O)[C@@H](NC(=O)OC1CCCC1)C(C)(C)C)P(C)(=O)OCC(F)(F)F. The van der Waals surface area contributed by atoms with E-state index in [2.05, 4.69) is 22.5 Å². The lowest BCUT2D eigenvalue weighted by atomic mass is 9.85. The quantitative estimate of drug-likeness (QED) is 0.0996. The topological polar surface area (TPSA) is 170 Å². The summed E-state index contributed by atoms with van der Waals surface area (Å²) >= 11 is 1.42. The number of fused-ring (bicyclic) bond motifs is 1. The summed E-state index contributed by atoms with van der Waals surface area (Å²) < 4.78 is 76.5. The molecule has 328 valence electrons. The van der Waals surface area contributed by atoms with Crippen LogP contribution >= 0.6 is 18.7 Å². The fraction of sp³-hybridized carbons (Fsp3) is 0.585. The predicted octanol–water partition coefficient (Wildman–Crippen LogP) is 8.12. The highest BCUT2D eigenvalue weighted by atomic mass is 32.1. The van der Waals surface area contributed by atoms with Gasteiger partial charge in [0, 0.05) is 47.9 Å². The first-order valence-corrected chi connectivity index (χ1v) is 23.0. The van der Waals surface area contributed by atoms with Gasteiger partial charge in [-0.2, -0.15) is 13.2 Å². The van der Waals surface area contributed by atoms with Gasteiger partial charge in [-0.05, 0) is 63.5 Å². The molecule has 6 atom stereocenters. The molecule has 0 radical (unpaired) electrons. The Bertz CT molecular complexity index is 2140. The molecular formula is C41H54F3N6O8PS. The van der Waals surface area contributed by atoms with Crippen LogP contribution in [-0.4, -0.2) is 101 Å². The van der Waals surface area contributed by atoms with Crippen LogP contribution < -0.4 is 25.4 Å².